The van der Waals surface area contributed by atoms with E-state index in [1.165, 1.54) is 0 Å². The molecule has 0 heterocycles. The summed E-state index contributed by atoms with van der Waals surface area (Å²) < 4.78 is 53.4. The average Bonchev–Trinajstić information content (AvgIpc) is 2.90. The van der Waals surface area contributed by atoms with Crippen molar-refractivity contribution in [3.05, 3.63) is 23.8 Å². The first-order valence-electron chi connectivity index (χ1n) is 12.1. The first kappa shape index (κ1) is 32.2. The third-order valence-corrected chi connectivity index (χ3v) is 4.44. The number of carbonyl (C=O) groups is 1. The summed E-state index contributed by atoms with van der Waals surface area (Å²) in [5.41, 5.74) is 0.409. The predicted octanol–water partition coefficient (Wildman–Crippen LogP) is 1.65. The maximum absolute atomic E-state index is 11.4. The summed E-state index contributed by atoms with van der Waals surface area (Å²) in [6, 6.07) is 5.09. The molecule has 208 valence electrons. The minimum absolute atomic E-state index is 0.316. The summed E-state index contributed by atoms with van der Waals surface area (Å²) in [6.45, 7) is 7.66. The zero-order valence-electron chi connectivity index (χ0n) is 21.6. The maximum atomic E-state index is 11.4. The number of hydrogen-bond acceptors (Lipinski definition) is 11. The number of benzene rings is 1. The smallest absolute Gasteiger partial charge is 0.153 e. The van der Waals surface area contributed by atoms with E-state index in [0.29, 0.717) is 123 Å². The lowest BCUT2D eigenvalue weighted by Gasteiger charge is -2.12. The largest absolute Gasteiger partial charge is 0.491 e. The molecule has 0 saturated heterocycles. The molecule has 0 saturated carbocycles. The highest BCUT2D eigenvalue weighted by Crippen LogP contribution is 2.23. The van der Waals surface area contributed by atoms with Gasteiger partial charge in [0.15, 0.2) is 6.29 Å². The van der Waals surface area contributed by atoms with Gasteiger partial charge in [-0.05, 0) is 18.2 Å². The normalized spacial score (nSPS) is 11.1. The number of carbonyl (C=O) groups excluding carboxylic acids is 1. The summed E-state index contributed by atoms with van der Waals surface area (Å²) >= 11 is 0. The van der Waals surface area contributed by atoms with Crippen molar-refractivity contribution in [3.63, 3.8) is 0 Å². The number of methoxy groups -OCH3 is 2. The molecule has 0 atom stereocenters. The van der Waals surface area contributed by atoms with Gasteiger partial charge < -0.3 is 47.4 Å². The zero-order valence-corrected chi connectivity index (χ0v) is 21.6. The van der Waals surface area contributed by atoms with E-state index >= 15 is 0 Å². The molecule has 0 aromatic heterocycles. The minimum Gasteiger partial charge on any atom is -0.491 e. The third-order valence-electron chi connectivity index (χ3n) is 4.44. The number of ether oxygens (including phenoxy) is 10. The van der Waals surface area contributed by atoms with Crippen LogP contribution < -0.4 is 9.47 Å². The Morgan fingerprint density at radius 2 is 0.917 bits per heavy atom. The van der Waals surface area contributed by atoms with Crippen molar-refractivity contribution in [2.75, 3.05) is 120 Å². The van der Waals surface area contributed by atoms with Gasteiger partial charge in [0.2, 0.25) is 0 Å². The van der Waals surface area contributed by atoms with E-state index in [0.717, 1.165) is 6.29 Å². The van der Waals surface area contributed by atoms with Crippen LogP contribution in [0.15, 0.2) is 18.2 Å². The summed E-state index contributed by atoms with van der Waals surface area (Å²) in [5.74, 6) is 1.04. The Labute approximate surface area is 214 Å². The molecule has 0 bridgehead atoms. The predicted molar refractivity (Wildman–Crippen MR) is 131 cm³/mol. The lowest BCUT2D eigenvalue weighted by atomic mass is 10.2. The van der Waals surface area contributed by atoms with Crippen LogP contribution in [0.2, 0.25) is 0 Å². The molecule has 0 aliphatic heterocycles. The Morgan fingerprint density at radius 1 is 0.528 bits per heavy atom. The molecule has 36 heavy (non-hydrogen) atoms. The molecular formula is C25H42O11. The molecule has 0 aliphatic carbocycles. The van der Waals surface area contributed by atoms with E-state index < -0.39 is 0 Å². The third kappa shape index (κ3) is 18.4. The van der Waals surface area contributed by atoms with Gasteiger partial charge in [-0.15, -0.1) is 0 Å². The lowest BCUT2D eigenvalue weighted by Crippen LogP contribution is -2.14. The lowest BCUT2D eigenvalue weighted by molar-refractivity contribution is 0.0000217. The first-order valence-corrected chi connectivity index (χ1v) is 12.1. The Bertz CT molecular complexity index is 630. The van der Waals surface area contributed by atoms with E-state index in [4.69, 9.17) is 47.4 Å². The van der Waals surface area contributed by atoms with Gasteiger partial charge in [0.1, 0.15) is 24.7 Å². The number of hydrogen-bond donors (Lipinski definition) is 0. The van der Waals surface area contributed by atoms with Crippen molar-refractivity contribution in [2.24, 2.45) is 0 Å². The van der Waals surface area contributed by atoms with Crippen LogP contribution in [0, 0.1) is 0 Å². The van der Waals surface area contributed by atoms with E-state index in [2.05, 4.69) is 0 Å². The van der Waals surface area contributed by atoms with Gasteiger partial charge in [0, 0.05) is 14.2 Å². The van der Waals surface area contributed by atoms with Crippen LogP contribution >= 0.6 is 0 Å². The molecule has 11 heteroatoms. The van der Waals surface area contributed by atoms with Crippen molar-refractivity contribution in [1.29, 1.82) is 0 Å². The average molecular weight is 519 g/mol. The molecule has 0 N–H and O–H groups in total. The van der Waals surface area contributed by atoms with Crippen LogP contribution in [0.25, 0.3) is 0 Å². The zero-order chi connectivity index (χ0) is 25.9. The van der Waals surface area contributed by atoms with Crippen LogP contribution in [-0.2, 0) is 37.9 Å². The highest BCUT2D eigenvalue weighted by Gasteiger charge is 2.06. The van der Waals surface area contributed by atoms with E-state index in [-0.39, 0.29) is 0 Å². The Morgan fingerprint density at radius 3 is 1.33 bits per heavy atom. The molecular weight excluding hydrogens is 476 g/mol. The van der Waals surface area contributed by atoms with Gasteiger partial charge in [-0.2, -0.15) is 0 Å². The summed E-state index contributed by atoms with van der Waals surface area (Å²) in [5, 5.41) is 0. The second-order valence-corrected chi connectivity index (χ2v) is 7.17. The molecule has 0 amide bonds. The maximum Gasteiger partial charge on any atom is 0.153 e. The van der Waals surface area contributed by atoms with Crippen LogP contribution in [0.1, 0.15) is 10.4 Å². The second kappa shape index (κ2) is 24.8. The fraction of sp³-hybridized carbons (Fsp3) is 0.720. The van der Waals surface area contributed by atoms with Gasteiger partial charge in [-0.25, -0.2) is 0 Å². The fourth-order valence-electron chi connectivity index (χ4n) is 2.64. The summed E-state index contributed by atoms with van der Waals surface area (Å²) in [4.78, 5) is 11.4. The molecule has 0 aliphatic rings. The molecule has 0 spiro atoms. The SMILES string of the molecule is COCCOCCOCCOCCOc1ccc(OCCOCCOCCOCCOC)c(C=O)c1. The van der Waals surface area contributed by atoms with Crippen molar-refractivity contribution < 1.29 is 52.2 Å². The van der Waals surface area contributed by atoms with Gasteiger partial charge in [0.25, 0.3) is 0 Å². The van der Waals surface area contributed by atoms with Crippen LogP contribution in [-0.4, -0.2) is 126 Å². The summed E-state index contributed by atoms with van der Waals surface area (Å²) in [7, 11) is 3.27. The van der Waals surface area contributed by atoms with E-state index in [1.54, 1.807) is 32.4 Å². The van der Waals surface area contributed by atoms with Crippen molar-refractivity contribution in [3.8, 4) is 11.5 Å². The highest BCUT2D eigenvalue weighted by molar-refractivity contribution is 5.80. The van der Waals surface area contributed by atoms with Gasteiger partial charge in [-0.3, -0.25) is 4.79 Å². The monoisotopic (exact) mass is 518 g/mol. The minimum atomic E-state index is 0.316. The van der Waals surface area contributed by atoms with Gasteiger partial charge in [0.05, 0.1) is 98.1 Å². The van der Waals surface area contributed by atoms with Crippen LogP contribution in [0.5, 0.6) is 11.5 Å². The van der Waals surface area contributed by atoms with E-state index in [9.17, 15) is 4.79 Å². The topological polar surface area (TPSA) is 109 Å². The fourth-order valence-corrected chi connectivity index (χ4v) is 2.64. The Hall–Kier alpha value is -1.83. The molecule has 0 fully saturated rings. The standard InChI is InChI=1S/C25H42O11/c1-27-5-7-29-9-11-31-13-15-33-17-19-35-24-3-4-25(23(21-24)22-26)36-20-18-34-16-14-32-12-10-30-8-6-28-2/h3-4,21-22H,5-20H2,1-2H3. The first-order chi connectivity index (χ1) is 17.8. The van der Waals surface area contributed by atoms with Gasteiger partial charge >= 0.3 is 0 Å². The summed E-state index contributed by atoms with van der Waals surface area (Å²) in [6.07, 6.45) is 0.735. The van der Waals surface area contributed by atoms with E-state index in [1.807, 2.05) is 0 Å². The van der Waals surface area contributed by atoms with Crippen molar-refractivity contribution in [1.82, 2.24) is 0 Å². The molecule has 11 nitrogen and oxygen atoms in total. The molecule has 0 radical (unpaired) electrons. The Balaban J connectivity index is 2.03. The molecule has 1 aromatic rings. The van der Waals surface area contributed by atoms with Gasteiger partial charge in [-0.1, -0.05) is 0 Å². The Kier molecular flexibility index (Phi) is 22.2. The van der Waals surface area contributed by atoms with Crippen LogP contribution in [0.4, 0.5) is 0 Å². The number of aldehydes is 1. The van der Waals surface area contributed by atoms with Crippen molar-refractivity contribution >= 4 is 6.29 Å². The number of rotatable bonds is 27. The second-order valence-electron chi connectivity index (χ2n) is 7.17. The highest BCUT2D eigenvalue weighted by atomic mass is 16.6. The molecule has 0 unspecified atom stereocenters. The molecule has 1 rings (SSSR count). The molecule has 1 aromatic carbocycles. The quantitative estimate of drug-likeness (QED) is 0.125. The van der Waals surface area contributed by atoms with Crippen LogP contribution in [0.3, 0.4) is 0 Å². The van der Waals surface area contributed by atoms with Crippen molar-refractivity contribution in [2.45, 2.75) is 0 Å².